The van der Waals surface area contributed by atoms with E-state index in [4.69, 9.17) is 17.3 Å². The Hall–Kier alpha value is -3.07. The van der Waals surface area contributed by atoms with Gasteiger partial charge in [-0.3, -0.25) is 9.69 Å². The molecule has 3 heterocycles. The van der Waals surface area contributed by atoms with Crippen LogP contribution in [0.4, 0.5) is 5.82 Å². The van der Waals surface area contributed by atoms with Crippen LogP contribution < -0.4 is 5.73 Å². The van der Waals surface area contributed by atoms with Gasteiger partial charge >= 0.3 is 0 Å². The molecule has 1 unspecified atom stereocenters. The first-order valence-corrected chi connectivity index (χ1v) is 12.4. The quantitative estimate of drug-likeness (QED) is 0.415. The fraction of sp³-hybridized carbons (Fsp3) is 0.280. The van der Waals surface area contributed by atoms with Gasteiger partial charge in [-0.1, -0.05) is 30.7 Å². The molecule has 0 aliphatic carbocycles. The fourth-order valence-electron chi connectivity index (χ4n) is 4.76. The average Bonchev–Trinajstić information content (AvgIpc) is 3.26. The maximum Gasteiger partial charge on any atom is 0.264 e. The van der Waals surface area contributed by atoms with Gasteiger partial charge in [0.25, 0.3) is 5.91 Å². The summed E-state index contributed by atoms with van der Waals surface area (Å²) in [6, 6.07) is 12.8. The van der Waals surface area contributed by atoms with Crippen LogP contribution >= 0.6 is 22.9 Å². The number of carbonyl (C=O) groups is 2. The number of thiophene rings is 1. The Labute approximate surface area is 206 Å². The second-order valence-corrected chi connectivity index (χ2v) is 9.99. The van der Waals surface area contributed by atoms with Crippen LogP contribution in [0.15, 0.2) is 48.8 Å². The van der Waals surface area contributed by atoms with Gasteiger partial charge in [0.2, 0.25) is 0 Å². The lowest BCUT2D eigenvalue weighted by Gasteiger charge is -2.45. The number of fused-ring (bicyclic) bond motifs is 2. The van der Waals surface area contributed by atoms with E-state index in [0.717, 1.165) is 32.8 Å². The Bertz CT molecular complexity index is 1390. The zero-order valence-electron chi connectivity index (χ0n) is 18.6. The normalized spacial score (nSPS) is 19.1. The highest BCUT2D eigenvalue weighted by atomic mass is 35.5. The van der Waals surface area contributed by atoms with E-state index in [1.54, 1.807) is 0 Å². The van der Waals surface area contributed by atoms with Gasteiger partial charge in [-0.05, 0) is 47.7 Å². The third kappa shape index (κ3) is 4.13. The van der Waals surface area contributed by atoms with Gasteiger partial charge in [-0.2, -0.15) is 0 Å². The maximum absolute atomic E-state index is 13.5. The first-order chi connectivity index (χ1) is 16.5. The summed E-state index contributed by atoms with van der Waals surface area (Å²) in [4.78, 5) is 38.7. The van der Waals surface area contributed by atoms with Crippen molar-refractivity contribution in [2.75, 3.05) is 18.8 Å². The number of halogens is 1. The summed E-state index contributed by atoms with van der Waals surface area (Å²) in [5.74, 6) is 0.414. The molecule has 2 aromatic heterocycles. The van der Waals surface area contributed by atoms with Crippen LogP contribution in [0.3, 0.4) is 0 Å². The van der Waals surface area contributed by atoms with Gasteiger partial charge in [-0.15, -0.1) is 11.3 Å². The molecule has 1 fully saturated rings. The molecule has 0 radical (unpaired) electrons. The van der Waals surface area contributed by atoms with Crippen molar-refractivity contribution in [2.24, 2.45) is 0 Å². The van der Waals surface area contributed by atoms with Crippen LogP contribution in [-0.2, 0) is 11.3 Å². The number of aromatic nitrogens is 2. The maximum atomic E-state index is 13.5. The van der Waals surface area contributed by atoms with Crippen LogP contribution in [0.2, 0.25) is 5.02 Å². The molecular formula is C25H24ClN5O2S. The Balaban J connectivity index is 1.38. The lowest BCUT2D eigenvalue weighted by Crippen LogP contribution is -2.61. The van der Waals surface area contributed by atoms with Crippen molar-refractivity contribution in [3.63, 3.8) is 0 Å². The number of benzene rings is 2. The zero-order valence-corrected chi connectivity index (χ0v) is 20.2. The minimum atomic E-state index is -0.391. The van der Waals surface area contributed by atoms with Crippen molar-refractivity contribution in [1.29, 1.82) is 0 Å². The van der Waals surface area contributed by atoms with Gasteiger partial charge in [-0.25, -0.2) is 9.97 Å². The lowest BCUT2D eigenvalue weighted by molar-refractivity contribution is -0.116. The average molecular weight is 494 g/mol. The number of hydrogen-bond donors (Lipinski definition) is 1. The SMILES string of the molecule is CC[C@H]1C(C=O)N(Cc2ccc3c(N)ncnc3c2)CCN1C(=O)c1cc2ccc(Cl)cc2s1. The molecule has 0 spiro atoms. The number of rotatable bonds is 5. The fourth-order valence-corrected chi connectivity index (χ4v) is 6.06. The molecule has 0 bridgehead atoms. The van der Waals surface area contributed by atoms with Crippen molar-refractivity contribution >= 4 is 61.9 Å². The third-order valence-electron chi connectivity index (χ3n) is 6.47. The molecule has 174 valence electrons. The molecule has 1 aliphatic heterocycles. The minimum absolute atomic E-state index is 0.0337. The molecule has 2 aromatic carbocycles. The highest BCUT2D eigenvalue weighted by Gasteiger charge is 2.38. The highest BCUT2D eigenvalue weighted by molar-refractivity contribution is 7.20. The number of nitrogen functional groups attached to an aromatic ring is 1. The number of carbonyl (C=O) groups excluding carboxylic acids is 2. The van der Waals surface area contributed by atoms with E-state index < -0.39 is 6.04 Å². The van der Waals surface area contributed by atoms with Crippen molar-refractivity contribution in [2.45, 2.75) is 32.0 Å². The van der Waals surface area contributed by atoms with Crippen molar-refractivity contribution in [3.8, 4) is 0 Å². The second kappa shape index (κ2) is 9.29. The molecule has 4 aromatic rings. The van der Waals surface area contributed by atoms with Gasteiger partial charge in [0.05, 0.1) is 22.5 Å². The Kier molecular flexibility index (Phi) is 6.20. The van der Waals surface area contributed by atoms with E-state index >= 15 is 0 Å². The number of piperazine rings is 1. The van der Waals surface area contributed by atoms with E-state index in [0.29, 0.717) is 41.8 Å². The summed E-state index contributed by atoms with van der Waals surface area (Å²) in [7, 11) is 0. The number of hydrogen-bond acceptors (Lipinski definition) is 7. The molecular weight excluding hydrogens is 470 g/mol. The van der Waals surface area contributed by atoms with E-state index in [9.17, 15) is 9.59 Å². The van der Waals surface area contributed by atoms with Crippen LogP contribution in [0.1, 0.15) is 28.6 Å². The van der Waals surface area contributed by atoms with Gasteiger partial charge < -0.3 is 15.4 Å². The summed E-state index contributed by atoms with van der Waals surface area (Å²) in [6.07, 6.45) is 3.11. The van der Waals surface area contributed by atoms with E-state index in [2.05, 4.69) is 14.9 Å². The third-order valence-corrected chi connectivity index (χ3v) is 7.79. The van der Waals surface area contributed by atoms with Gasteiger partial charge in [0.15, 0.2) is 0 Å². The van der Waals surface area contributed by atoms with E-state index in [1.165, 1.54) is 17.7 Å². The first kappa shape index (κ1) is 22.7. The number of amides is 1. The molecule has 2 atom stereocenters. The molecule has 5 rings (SSSR count). The number of aldehydes is 1. The van der Waals surface area contributed by atoms with Gasteiger partial charge in [0, 0.05) is 34.7 Å². The first-order valence-electron chi connectivity index (χ1n) is 11.2. The summed E-state index contributed by atoms with van der Waals surface area (Å²) in [5.41, 5.74) is 7.75. The zero-order chi connectivity index (χ0) is 23.8. The lowest BCUT2D eigenvalue weighted by atomic mass is 9.98. The monoisotopic (exact) mass is 493 g/mol. The second-order valence-electron chi connectivity index (χ2n) is 8.47. The molecule has 7 nitrogen and oxygen atoms in total. The molecule has 9 heteroatoms. The summed E-state index contributed by atoms with van der Waals surface area (Å²) in [6.45, 7) is 3.76. The van der Waals surface area contributed by atoms with Crippen LogP contribution in [0.25, 0.3) is 21.0 Å². The predicted molar refractivity (Wildman–Crippen MR) is 136 cm³/mol. The Morgan fingerprint density at radius 1 is 1.21 bits per heavy atom. The van der Waals surface area contributed by atoms with Crippen LogP contribution in [0, 0.1) is 0 Å². The van der Waals surface area contributed by atoms with Crippen molar-refractivity contribution in [1.82, 2.24) is 19.8 Å². The molecule has 34 heavy (non-hydrogen) atoms. The summed E-state index contributed by atoms with van der Waals surface area (Å²) < 4.78 is 0.982. The van der Waals surface area contributed by atoms with Gasteiger partial charge in [0.1, 0.15) is 18.4 Å². The standard InChI is InChI=1S/C25H24ClN5O2S/c1-2-20-21(13-32)30(12-15-3-6-18-19(9-15)28-14-29-24(18)27)7-8-31(20)25(33)23-10-16-4-5-17(26)11-22(16)34-23/h3-6,9-11,13-14,20-21H,2,7-8,12H2,1H3,(H2,27,28,29)/t20-,21?/m0/s1. The number of anilines is 1. The van der Waals surface area contributed by atoms with E-state index in [-0.39, 0.29) is 11.9 Å². The topological polar surface area (TPSA) is 92.4 Å². The molecule has 1 saturated heterocycles. The largest absolute Gasteiger partial charge is 0.383 e. The smallest absolute Gasteiger partial charge is 0.264 e. The number of nitrogens with zero attached hydrogens (tertiary/aromatic N) is 4. The van der Waals surface area contributed by atoms with Crippen LogP contribution in [0.5, 0.6) is 0 Å². The minimum Gasteiger partial charge on any atom is -0.383 e. The summed E-state index contributed by atoms with van der Waals surface area (Å²) in [5, 5.41) is 2.46. The summed E-state index contributed by atoms with van der Waals surface area (Å²) >= 11 is 7.56. The van der Waals surface area contributed by atoms with Crippen molar-refractivity contribution in [3.05, 3.63) is 64.3 Å². The highest BCUT2D eigenvalue weighted by Crippen LogP contribution is 2.31. The van der Waals surface area contributed by atoms with Crippen molar-refractivity contribution < 1.29 is 9.59 Å². The Morgan fingerprint density at radius 2 is 2.06 bits per heavy atom. The van der Waals surface area contributed by atoms with E-state index in [1.807, 2.05) is 54.3 Å². The molecule has 1 amide bonds. The number of nitrogens with two attached hydrogens (primary N) is 1. The predicted octanol–water partition coefficient (Wildman–Crippen LogP) is 4.38. The molecule has 2 N–H and O–H groups in total. The van der Waals surface area contributed by atoms with Crippen LogP contribution in [-0.4, -0.2) is 57.1 Å². The molecule has 1 aliphatic rings. The Morgan fingerprint density at radius 3 is 2.85 bits per heavy atom. The molecule has 0 saturated carbocycles.